The van der Waals surface area contributed by atoms with Gasteiger partial charge < -0.3 is 5.73 Å². The summed E-state index contributed by atoms with van der Waals surface area (Å²) in [4.78, 5) is 11.5. The lowest BCUT2D eigenvalue weighted by Gasteiger charge is -2.08. The highest BCUT2D eigenvalue weighted by molar-refractivity contribution is 7.91. The van der Waals surface area contributed by atoms with Crippen LogP contribution < -0.4 is 5.73 Å². The molecule has 0 bridgehead atoms. The molecule has 0 aromatic rings. The van der Waals surface area contributed by atoms with Gasteiger partial charge in [0.25, 0.3) is 0 Å². The first-order valence-corrected chi connectivity index (χ1v) is 7.18. The summed E-state index contributed by atoms with van der Waals surface area (Å²) < 4.78 is 22.7. The van der Waals surface area contributed by atoms with E-state index in [4.69, 9.17) is 5.73 Å². The minimum Gasteiger partial charge on any atom is -0.330 e. The van der Waals surface area contributed by atoms with E-state index >= 15 is 0 Å². The number of sulfone groups is 1. The predicted molar refractivity (Wildman–Crippen MR) is 61.4 cm³/mol. The lowest BCUT2D eigenvalue weighted by atomic mass is 10.0. The largest absolute Gasteiger partial charge is 0.330 e. The number of hydrogen-bond acceptors (Lipinski definition) is 4. The highest BCUT2D eigenvalue weighted by Gasteiger charge is 2.16. The van der Waals surface area contributed by atoms with Crippen molar-refractivity contribution in [3.8, 4) is 0 Å². The zero-order chi connectivity index (χ0) is 11.9. The van der Waals surface area contributed by atoms with Crippen LogP contribution in [0, 0.1) is 5.92 Å². The number of carbonyl (C=O) groups is 1. The van der Waals surface area contributed by atoms with E-state index in [9.17, 15) is 13.2 Å². The predicted octanol–water partition coefficient (Wildman–Crippen LogP) is 0.755. The fraction of sp³-hybridized carbons (Fsp3) is 0.900. The molecule has 5 heteroatoms. The molecule has 0 saturated heterocycles. The van der Waals surface area contributed by atoms with Crippen LogP contribution in [0.3, 0.4) is 0 Å². The molecule has 0 aliphatic carbocycles. The van der Waals surface area contributed by atoms with Gasteiger partial charge in [0.05, 0.1) is 5.75 Å². The SMILES string of the molecule is CCCS(=O)(=O)CCC(=O)C(C)CCN. The Bertz CT molecular complexity index is 285. The number of carbonyl (C=O) groups excluding carboxylic acids is 1. The standard InChI is InChI=1S/C10H21NO3S/c1-3-7-15(13,14)8-5-10(12)9(2)4-6-11/h9H,3-8,11H2,1-2H3. The first-order chi connectivity index (χ1) is 6.93. The molecule has 15 heavy (non-hydrogen) atoms. The van der Waals surface area contributed by atoms with Crippen LogP contribution in [-0.4, -0.2) is 32.3 Å². The fourth-order valence-electron chi connectivity index (χ4n) is 1.33. The molecular formula is C10H21NO3S. The Kier molecular flexibility index (Phi) is 6.76. The van der Waals surface area contributed by atoms with Gasteiger partial charge in [-0.15, -0.1) is 0 Å². The van der Waals surface area contributed by atoms with E-state index in [1.807, 2.05) is 6.92 Å². The molecule has 0 aliphatic rings. The molecule has 0 rings (SSSR count). The summed E-state index contributed by atoms with van der Waals surface area (Å²) in [6.45, 7) is 4.08. The molecule has 0 saturated carbocycles. The third kappa shape index (κ3) is 6.62. The molecule has 0 radical (unpaired) electrons. The van der Waals surface area contributed by atoms with E-state index < -0.39 is 9.84 Å². The van der Waals surface area contributed by atoms with Crippen molar-refractivity contribution in [2.45, 2.75) is 33.1 Å². The highest BCUT2D eigenvalue weighted by Crippen LogP contribution is 2.07. The van der Waals surface area contributed by atoms with Crippen molar-refractivity contribution in [3.63, 3.8) is 0 Å². The Morgan fingerprint density at radius 1 is 1.33 bits per heavy atom. The summed E-state index contributed by atoms with van der Waals surface area (Å²) in [5, 5.41) is 0. The van der Waals surface area contributed by atoms with Crippen molar-refractivity contribution in [2.75, 3.05) is 18.1 Å². The zero-order valence-electron chi connectivity index (χ0n) is 9.53. The molecule has 4 nitrogen and oxygen atoms in total. The Labute approximate surface area is 92.2 Å². The quantitative estimate of drug-likeness (QED) is 0.673. The summed E-state index contributed by atoms with van der Waals surface area (Å²) >= 11 is 0. The first kappa shape index (κ1) is 14.6. The number of rotatable bonds is 8. The average Bonchev–Trinajstić information content (AvgIpc) is 2.14. The maximum Gasteiger partial charge on any atom is 0.150 e. The zero-order valence-corrected chi connectivity index (χ0v) is 10.3. The second-order valence-electron chi connectivity index (χ2n) is 3.85. The average molecular weight is 235 g/mol. The van der Waals surface area contributed by atoms with E-state index in [-0.39, 0.29) is 29.6 Å². The Morgan fingerprint density at radius 3 is 2.40 bits per heavy atom. The van der Waals surface area contributed by atoms with Gasteiger partial charge in [0.15, 0.2) is 9.84 Å². The molecule has 0 aliphatic heterocycles. The maximum atomic E-state index is 11.5. The van der Waals surface area contributed by atoms with Gasteiger partial charge in [-0.3, -0.25) is 4.79 Å². The van der Waals surface area contributed by atoms with Crippen molar-refractivity contribution < 1.29 is 13.2 Å². The summed E-state index contributed by atoms with van der Waals surface area (Å²) in [7, 11) is -3.03. The van der Waals surface area contributed by atoms with E-state index in [2.05, 4.69) is 0 Å². The number of nitrogens with two attached hydrogens (primary N) is 1. The summed E-state index contributed by atoms with van der Waals surface area (Å²) in [5.41, 5.74) is 5.33. The van der Waals surface area contributed by atoms with Gasteiger partial charge in [-0.1, -0.05) is 13.8 Å². The first-order valence-electron chi connectivity index (χ1n) is 5.36. The van der Waals surface area contributed by atoms with Crippen LogP contribution >= 0.6 is 0 Å². The van der Waals surface area contributed by atoms with Crippen LogP contribution in [0.15, 0.2) is 0 Å². The third-order valence-corrected chi connectivity index (χ3v) is 4.18. The van der Waals surface area contributed by atoms with Gasteiger partial charge in [0.1, 0.15) is 5.78 Å². The fourth-order valence-corrected chi connectivity index (χ4v) is 2.66. The van der Waals surface area contributed by atoms with Gasteiger partial charge in [0, 0.05) is 18.1 Å². The molecule has 0 fully saturated rings. The minimum atomic E-state index is -3.03. The van der Waals surface area contributed by atoms with Gasteiger partial charge in [-0.25, -0.2) is 8.42 Å². The lowest BCUT2D eigenvalue weighted by molar-refractivity contribution is -0.122. The van der Waals surface area contributed by atoms with Crippen molar-refractivity contribution in [1.82, 2.24) is 0 Å². The van der Waals surface area contributed by atoms with E-state index in [0.29, 0.717) is 19.4 Å². The van der Waals surface area contributed by atoms with E-state index in [1.54, 1.807) is 6.92 Å². The smallest absolute Gasteiger partial charge is 0.150 e. The Morgan fingerprint density at radius 2 is 1.93 bits per heavy atom. The molecule has 0 amide bonds. The van der Waals surface area contributed by atoms with Gasteiger partial charge >= 0.3 is 0 Å². The minimum absolute atomic E-state index is 0.000119. The number of hydrogen-bond donors (Lipinski definition) is 1. The van der Waals surface area contributed by atoms with Crippen LogP contribution in [0.1, 0.15) is 33.1 Å². The molecule has 0 aromatic heterocycles. The summed E-state index contributed by atoms with van der Waals surface area (Å²) in [6, 6.07) is 0. The number of Topliss-reactive ketones (excluding diaryl/α,β-unsaturated/α-hetero) is 1. The van der Waals surface area contributed by atoms with Gasteiger partial charge in [-0.05, 0) is 19.4 Å². The highest BCUT2D eigenvalue weighted by atomic mass is 32.2. The van der Waals surface area contributed by atoms with Crippen LogP contribution in [0.4, 0.5) is 0 Å². The monoisotopic (exact) mass is 235 g/mol. The molecule has 0 spiro atoms. The molecule has 1 unspecified atom stereocenters. The molecule has 0 aromatic carbocycles. The summed E-state index contributed by atoms with van der Waals surface area (Å²) in [5.74, 6) is 0.0344. The summed E-state index contributed by atoms with van der Waals surface area (Å²) in [6.07, 6.45) is 1.37. The van der Waals surface area contributed by atoms with Crippen LogP contribution in [0.2, 0.25) is 0 Å². The van der Waals surface area contributed by atoms with Crippen molar-refractivity contribution in [1.29, 1.82) is 0 Å². The van der Waals surface area contributed by atoms with Crippen LogP contribution in [0.25, 0.3) is 0 Å². The molecule has 1 atom stereocenters. The van der Waals surface area contributed by atoms with Crippen molar-refractivity contribution in [2.24, 2.45) is 11.7 Å². The number of ketones is 1. The van der Waals surface area contributed by atoms with E-state index in [1.165, 1.54) is 0 Å². The molecule has 0 heterocycles. The normalized spacial score (nSPS) is 13.8. The van der Waals surface area contributed by atoms with Gasteiger partial charge in [-0.2, -0.15) is 0 Å². The Balaban J connectivity index is 4.00. The topological polar surface area (TPSA) is 77.2 Å². The van der Waals surface area contributed by atoms with Crippen LogP contribution in [-0.2, 0) is 14.6 Å². The Hall–Kier alpha value is -0.420. The van der Waals surface area contributed by atoms with Crippen molar-refractivity contribution in [3.05, 3.63) is 0 Å². The second kappa shape index (κ2) is 6.95. The van der Waals surface area contributed by atoms with E-state index in [0.717, 1.165) is 0 Å². The van der Waals surface area contributed by atoms with Gasteiger partial charge in [0.2, 0.25) is 0 Å². The lowest BCUT2D eigenvalue weighted by Crippen LogP contribution is -2.20. The second-order valence-corrected chi connectivity index (χ2v) is 6.15. The molecule has 2 N–H and O–H groups in total. The molecular weight excluding hydrogens is 214 g/mol. The molecule has 90 valence electrons. The van der Waals surface area contributed by atoms with Crippen LogP contribution in [0.5, 0.6) is 0 Å². The van der Waals surface area contributed by atoms with Crippen molar-refractivity contribution >= 4 is 15.6 Å². The third-order valence-electron chi connectivity index (χ3n) is 2.32. The maximum absolute atomic E-state index is 11.5.